The number of benzene rings is 1. The Morgan fingerprint density at radius 1 is 1.27 bits per heavy atom. The molecule has 1 unspecified atom stereocenters. The Bertz CT molecular complexity index is 1050. The maximum absolute atomic E-state index is 13.2. The van der Waals surface area contributed by atoms with Crippen LogP contribution in [0.1, 0.15) is 29.4 Å². The molecule has 3 heterocycles. The average Bonchev–Trinajstić information content (AvgIpc) is 3.09. The van der Waals surface area contributed by atoms with Gasteiger partial charge in [0.05, 0.1) is 6.04 Å². The van der Waals surface area contributed by atoms with Crippen LogP contribution in [0.2, 0.25) is 5.02 Å². The summed E-state index contributed by atoms with van der Waals surface area (Å²) in [7, 11) is 3.04. The number of aromatic amines is 1. The van der Waals surface area contributed by atoms with Crippen LogP contribution in [0.5, 0.6) is 0 Å². The number of methoxy groups -OCH3 is 2. The summed E-state index contributed by atoms with van der Waals surface area (Å²) in [6.45, 7) is 0.443. The molecule has 1 atom stereocenters. The van der Waals surface area contributed by atoms with Gasteiger partial charge in [0, 0.05) is 55.0 Å². The number of H-pyrrole nitrogens is 1. The summed E-state index contributed by atoms with van der Waals surface area (Å²) in [5, 5.41) is 1.62. The van der Waals surface area contributed by atoms with Crippen molar-refractivity contribution in [2.45, 2.75) is 31.3 Å². The molecule has 10 heteroatoms. The minimum Gasteiger partial charge on any atom is -0.356 e. The second-order valence-corrected chi connectivity index (χ2v) is 7.48. The Kier molecular flexibility index (Phi) is 5.61. The van der Waals surface area contributed by atoms with Gasteiger partial charge in [-0.15, -0.1) is 0 Å². The van der Waals surface area contributed by atoms with E-state index in [0.717, 1.165) is 34.4 Å². The van der Waals surface area contributed by atoms with Crippen LogP contribution in [0.15, 0.2) is 30.5 Å². The Morgan fingerprint density at radius 3 is 2.73 bits per heavy atom. The molecule has 0 aliphatic carbocycles. The molecule has 0 bridgehead atoms. The molecule has 2 aromatic heterocycles. The van der Waals surface area contributed by atoms with Gasteiger partial charge in [0.15, 0.2) is 6.29 Å². The normalized spacial score (nSPS) is 17.0. The molecule has 3 aromatic rings. The molecular formula is C20H20ClF3N4O2. The van der Waals surface area contributed by atoms with Crippen LogP contribution in [-0.4, -0.2) is 42.0 Å². The molecule has 6 nitrogen and oxygen atoms in total. The largest absolute Gasteiger partial charge is 0.433 e. The third-order valence-corrected chi connectivity index (χ3v) is 5.58. The maximum Gasteiger partial charge on any atom is 0.433 e. The number of nitrogens with one attached hydrogen (secondary N) is 1. The van der Waals surface area contributed by atoms with Gasteiger partial charge in [0.2, 0.25) is 5.95 Å². The Balaban J connectivity index is 1.80. The van der Waals surface area contributed by atoms with E-state index >= 15 is 0 Å². The van der Waals surface area contributed by atoms with Crippen LogP contribution in [0.25, 0.3) is 10.9 Å². The number of ether oxygens (including phenoxy) is 2. The molecular weight excluding hydrogens is 421 g/mol. The lowest BCUT2D eigenvalue weighted by atomic mass is 9.95. The zero-order valence-corrected chi connectivity index (χ0v) is 17.1. The monoisotopic (exact) mass is 440 g/mol. The predicted molar refractivity (Wildman–Crippen MR) is 107 cm³/mol. The van der Waals surface area contributed by atoms with E-state index in [-0.39, 0.29) is 12.0 Å². The summed E-state index contributed by atoms with van der Waals surface area (Å²) in [4.78, 5) is 13.1. The molecule has 160 valence electrons. The molecule has 1 N–H and O–H groups in total. The van der Waals surface area contributed by atoms with Crippen LogP contribution in [0.4, 0.5) is 19.1 Å². The molecule has 30 heavy (non-hydrogen) atoms. The first-order valence-corrected chi connectivity index (χ1v) is 9.72. The van der Waals surface area contributed by atoms with Crippen LogP contribution >= 0.6 is 11.6 Å². The minimum absolute atomic E-state index is 0.0168. The second-order valence-electron chi connectivity index (χ2n) is 7.04. The molecule has 4 rings (SSSR count). The third kappa shape index (κ3) is 3.84. The Labute approximate surface area is 176 Å². The highest BCUT2D eigenvalue weighted by molar-refractivity contribution is 6.31. The van der Waals surface area contributed by atoms with Crippen molar-refractivity contribution in [1.82, 2.24) is 15.0 Å². The minimum atomic E-state index is -4.55. The standard InChI is InChI=1S/C20H20ClF3N4O2/c1-29-17(30-2)10-15-18-12(13-9-11(21)3-4-14(13)26-18)6-8-28(15)19-25-7-5-16(27-19)20(22,23)24/h3-5,7,9,15,17,26H,6,8,10H2,1-2H3. The van der Waals surface area contributed by atoms with Crippen LogP contribution in [-0.2, 0) is 22.1 Å². The number of anilines is 1. The SMILES string of the molecule is COC(CC1c2[nH]c3ccc(Cl)cc3c2CCN1c1nccc(C(F)(F)F)n1)OC. The van der Waals surface area contributed by atoms with Gasteiger partial charge >= 0.3 is 6.18 Å². The zero-order valence-electron chi connectivity index (χ0n) is 16.3. The molecule has 0 saturated heterocycles. The van der Waals surface area contributed by atoms with Crippen molar-refractivity contribution in [1.29, 1.82) is 0 Å². The van der Waals surface area contributed by atoms with Crippen molar-refractivity contribution < 1.29 is 22.6 Å². The Morgan fingerprint density at radius 2 is 2.03 bits per heavy atom. The van der Waals surface area contributed by atoms with Gasteiger partial charge in [0.25, 0.3) is 0 Å². The second kappa shape index (κ2) is 8.05. The lowest BCUT2D eigenvalue weighted by Gasteiger charge is -2.37. The summed E-state index contributed by atoms with van der Waals surface area (Å²) in [5.74, 6) is 0.0168. The summed E-state index contributed by atoms with van der Waals surface area (Å²) < 4.78 is 50.3. The van der Waals surface area contributed by atoms with Gasteiger partial charge in [0.1, 0.15) is 5.69 Å². The molecule has 1 aliphatic rings. The third-order valence-electron chi connectivity index (χ3n) is 5.35. The topological polar surface area (TPSA) is 63.3 Å². The van der Waals surface area contributed by atoms with Crippen molar-refractivity contribution in [2.24, 2.45) is 0 Å². The van der Waals surface area contributed by atoms with E-state index in [2.05, 4.69) is 15.0 Å². The fraction of sp³-hybridized carbons (Fsp3) is 0.400. The van der Waals surface area contributed by atoms with Crippen LogP contribution < -0.4 is 4.90 Å². The van der Waals surface area contributed by atoms with Crippen molar-refractivity contribution in [3.63, 3.8) is 0 Å². The number of rotatable bonds is 5. The molecule has 0 amide bonds. The zero-order chi connectivity index (χ0) is 21.5. The highest BCUT2D eigenvalue weighted by Crippen LogP contribution is 2.40. The van der Waals surface area contributed by atoms with E-state index in [1.54, 1.807) is 11.0 Å². The molecule has 0 spiro atoms. The number of halogens is 4. The van der Waals surface area contributed by atoms with Crippen molar-refractivity contribution in [3.8, 4) is 0 Å². The molecule has 1 aliphatic heterocycles. The molecule has 0 radical (unpaired) electrons. The van der Waals surface area contributed by atoms with E-state index in [0.29, 0.717) is 24.4 Å². The van der Waals surface area contributed by atoms with E-state index in [9.17, 15) is 13.2 Å². The quantitative estimate of drug-likeness (QED) is 0.580. The first-order chi connectivity index (χ1) is 14.3. The number of hydrogen-bond acceptors (Lipinski definition) is 5. The average molecular weight is 441 g/mol. The number of fused-ring (bicyclic) bond motifs is 3. The summed E-state index contributed by atoms with van der Waals surface area (Å²) in [6.07, 6.45) is -2.99. The van der Waals surface area contributed by atoms with E-state index in [4.69, 9.17) is 21.1 Å². The molecule has 0 fully saturated rings. The lowest BCUT2D eigenvalue weighted by molar-refractivity contribution is -0.141. The number of aromatic nitrogens is 3. The smallest absolute Gasteiger partial charge is 0.356 e. The van der Waals surface area contributed by atoms with Crippen LogP contribution in [0, 0.1) is 0 Å². The van der Waals surface area contributed by atoms with Crippen LogP contribution in [0.3, 0.4) is 0 Å². The summed E-state index contributed by atoms with van der Waals surface area (Å²) >= 11 is 6.18. The lowest BCUT2D eigenvalue weighted by Crippen LogP contribution is -2.39. The fourth-order valence-electron chi connectivity index (χ4n) is 3.94. The van der Waals surface area contributed by atoms with Crippen molar-refractivity contribution in [2.75, 3.05) is 25.7 Å². The highest BCUT2D eigenvalue weighted by Gasteiger charge is 2.37. The van der Waals surface area contributed by atoms with Crippen molar-refractivity contribution in [3.05, 3.63) is 52.4 Å². The fourth-order valence-corrected chi connectivity index (χ4v) is 4.11. The molecule has 0 saturated carbocycles. The Hall–Kier alpha value is -2.36. The van der Waals surface area contributed by atoms with E-state index in [1.165, 1.54) is 14.2 Å². The van der Waals surface area contributed by atoms with Crippen molar-refractivity contribution >= 4 is 28.5 Å². The van der Waals surface area contributed by atoms with Gasteiger partial charge in [-0.3, -0.25) is 0 Å². The van der Waals surface area contributed by atoms with E-state index in [1.807, 2.05) is 12.1 Å². The number of alkyl halides is 3. The van der Waals surface area contributed by atoms with Gasteiger partial charge in [-0.2, -0.15) is 13.2 Å². The highest BCUT2D eigenvalue weighted by atomic mass is 35.5. The van der Waals surface area contributed by atoms with Gasteiger partial charge in [-0.25, -0.2) is 9.97 Å². The van der Waals surface area contributed by atoms with Gasteiger partial charge in [-0.1, -0.05) is 11.6 Å². The van der Waals surface area contributed by atoms with Gasteiger partial charge in [-0.05, 0) is 36.2 Å². The first kappa shape index (κ1) is 20.9. The first-order valence-electron chi connectivity index (χ1n) is 9.34. The van der Waals surface area contributed by atoms with E-state index < -0.39 is 18.2 Å². The number of nitrogens with zero attached hydrogens (tertiary/aromatic N) is 3. The molecule has 1 aromatic carbocycles. The predicted octanol–water partition coefficient (Wildman–Crippen LogP) is 4.74. The van der Waals surface area contributed by atoms with Gasteiger partial charge < -0.3 is 19.4 Å². The maximum atomic E-state index is 13.2. The number of hydrogen-bond donors (Lipinski definition) is 1. The summed E-state index contributed by atoms with van der Waals surface area (Å²) in [6, 6.07) is 6.08. The summed E-state index contributed by atoms with van der Waals surface area (Å²) in [5.41, 5.74) is 1.88.